The molecule has 21 heavy (non-hydrogen) atoms. The monoisotopic (exact) mass is 347 g/mol. The molecular formula is C17H18BrNO2. The van der Waals surface area contributed by atoms with Crippen molar-refractivity contribution < 1.29 is 9.53 Å². The van der Waals surface area contributed by atoms with Crippen LogP contribution in [0.2, 0.25) is 0 Å². The second kappa shape index (κ2) is 7.27. The number of benzene rings is 2. The van der Waals surface area contributed by atoms with Gasteiger partial charge in [0.05, 0.1) is 0 Å². The van der Waals surface area contributed by atoms with Crippen LogP contribution >= 0.6 is 15.9 Å². The third kappa shape index (κ3) is 4.60. The van der Waals surface area contributed by atoms with Gasteiger partial charge in [-0.05, 0) is 36.2 Å². The van der Waals surface area contributed by atoms with Crippen molar-refractivity contribution in [2.75, 3.05) is 13.7 Å². The molecule has 0 spiro atoms. The van der Waals surface area contributed by atoms with Crippen molar-refractivity contribution in [3.8, 4) is 5.75 Å². The van der Waals surface area contributed by atoms with Crippen LogP contribution < -0.4 is 4.74 Å². The first-order valence-corrected chi connectivity index (χ1v) is 7.52. The zero-order valence-electron chi connectivity index (χ0n) is 12.2. The second-order valence-corrected chi connectivity index (χ2v) is 5.85. The predicted octanol–water partition coefficient (Wildman–Crippen LogP) is 3.79. The number of aryl methyl sites for hydroxylation is 1. The zero-order chi connectivity index (χ0) is 15.2. The Kier molecular flexibility index (Phi) is 5.39. The van der Waals surface area contributed by atoms with E-state index >= 15 is 0 Å². The van der Waals surface area contributed by atoms with Gasteiger partial charge in [0.25, 0.3) is 5.91 Å². The van der Waals surface area contributed by atoms with Crippen molar-refractivity contribution in [2.45, 2.75) is 13.5 Å². The summed E-state index contributed by atoms with van der Waals surface area (Å²) in [5.74, 6) is 0.712. The molecule has 2 rings (SSSR count). The van der Waals surface area contributed by atoms with Crippen LogP contribution in [-0.2, 0) is 11.3 Å². The molecule has 3 nitrogen and oxygen atoms in total. The number of carbonyl (C=O) groups excluding carboxylic acids is 1. The fraction of sp³-hybridized carbons (Fsp3) is 0.235. The number of carbonyl (C=O) groups is 1. The van der Waals surface area contributed by atoms with Crippen molar-refractivity contribution >= 4 is 21.8 Å². The van der Waals surface area contributed by atoms with E-state index in [0.29, 0.717) is 6.54 Å². The number of ether oxygens (including phenoxy) is 1. The molecule has 0 aromatic heterocycles. The number of nitrogens with zero attached hydrogens (tertiary/aromatic N) is 1. The lowest BCUT2D eigenvalue weighted by Gasteiger charge is -2.18. The SMILES string of the molecule is Cc1ccccc1OCC(=O)N(C)Cc1ccc(Br)cc1. The van der Waals surface area contributed by atoms with Gasteiger partial charge in [-0.2, -0.15) is 0 Å². The molecule has 110 valence electrons. The van der Waals surface area contributed by atoms with Crippen LogP contribution in [0.1, 0.15) is 11.1 Å². The molecule has 0 aliphatic rings. The Hall–Kier alpha value is -1.81. The van der Waals surface area contributed by atoms with E-state index in [2.05, 4.69) is 15.9 Å². The standard InChI is InChI=1S/C17H18BrNO2/c1-13-5-3-4-6-16(13)21-12-17(20)19(2)11-14-7-9-15(18)10-8-14/h3-10H,11-12H2,1-2H3. The van der Waals surface area contributed by atoms with Gasteiger partial charge in [0.2, 0.25) is 0 Å². The van der Waals surface area contributed by atoms with Gasteiger partial charge >= 0.3 is 0 Å². The third-order valence-corrected chi connectivity index (χ3v) is 3.73. The molecule has 0 unspecified atom stereocenters. The normalized spacial score (nSPS) is 10.2. The highest BCUT2D eigenvalue weighted by atomic mass is 79.9. The zero-order valence-corrected chi connectivity index (χ0v) is 13.8. The van der Waals surface area contributed by atoms with Gasteiger partial charge in [-0.25, -0.2) is 0 Å². The maximum Gasteiger partial charge on any atom is 0.260 e. The lowest BCUT2D eigenvalue weighted by molar-refractivity contribution is -0.132. The average molecular weight is 348 g/mol. The molecule has 0 saturated carbocycles. The molecule has 0 aliphatic carbocycles. The molecule has 4 heteroatoms. The molecule has 0 saturated heterocycles. The molecule has 0 aliphatic heterocycles. The summed E-state index contributed by atoms with van der Waals surface area (Å²) in [6.07, 6.45) is 0. The molecule has 2 aromatic carbocycles. The minimum atomic E-state index is -0.0406. The first kappa shape index (κ1) is 15.6. The highest BCUT2D eigenvalue weighted by Crippen LogP contribution is 2.16. The van der Waals surface area contributed by atoms with Crippen molar-refractivity contribution in [3.63, 3.8) is 0 Å². The Balaban J connectivity index is 1.88. The first-order valence-electron chi connectivity index (χ1n) is 6.73. The summed E-state index contributed by atoms with van der Waals surface area (Å²) in [5.41, 5.74) is 2.12. The second-order valence-electron chi connectivity index (χ2n) is 4.93. The first-order chi connectivity index (χ1) is 10.1. The topological polar surface area (TPSA) is 29.5 Å². The smallest absolute Gasteiger partial charge is 0.260 e. The summed E-state index contributed by atoms with van der Waals surface area (Å²) < 4.78 is 6.61. The van der Waals surface area contributed by atoms with Gasteiger partial charge in [-0.1, -0.05) is 46.3 Å². The van der Waals surface area contributed by atoms with Crippen molar-refractivity contribution in [3.05, 3.63) is 64.1 Å². The van der Waals surface area contributed by atoms with Gasteiger partial charge < -0.3 is 9.64 Å². The van der Waals surface area contributed by atoms with E-state index in [1.807, 2.05) is 55.5 Å². The van der Waals surface area contributed by atoms with Crippen molar-refractivity contribution in [1.29, 1.82) is 0 Å². The van der Waals surface area contributed by atoms with Gasteiger partial charge in [-0.3, -0.25) is 4.79 Å². The van der Waals surface area contributed by atoms with E-state index in [-0.39, 0.29) is 12.5 Å². The number of amides is 1. The number of halogens is 1. The maximum absolute atomic E-state index is 12.1. The van der Waals surface area contributed by atoms with Crippen molar-refractivity contribution in [2.24, 2.45) is 0 Å². The maximum atomic E-state index is 12.1. The quantitative estimate of drug-likeness (QED) is 0.823. The molecule has 1 amide bonds. The Morgan fingerprint density at radius 2 is 1.81 bits per heavy atom. The Labute approximate surface area is 133 Å². The minimum Gasteiger partial charge on any atom is -0.484 e. The number of rotatable bonds is 5. The van der Waals surface area contributed by atoms with E-state index in [1.54, 1.807) is 11.9 Å². The van der Waals surface area contributed by atoms with Crippen LogP contribution in [0.3, 0.4) is 0 Å². The summed E-state index contributed by atoms with van der Waals surface area (Å²) in [4.78, 5) is 13.8. The lowest BCUT2D eigenvalue weighted by Crippen LogP contribution is -2.31. The van der Waals surface area contributed by atoms with Gasteiger partial charge in [0.15, 0.2) is 6.61 Å². The van der Waals surface area contributed by atoms with E-state index in [9.17, 15) is 4.79 Å². The Morgan fingerprint density at radius 3 is 2.48 bits per heavy atom. The molecular weight excluding hydrogens is 330 g/mol. The molecule has 0 radical (unpaired) electrons. The third-order valence-electron chi connectivity index (χ3n) is 3.20. The van der Waals surface area contributed by atoms with Gasteiger partial charge in [0, 0.05) is 18.1 Å². The summed E-state index contributed by atoms with van der Waals surface area (Å²) >= 11 is 3.40. The lowest BCUT2D eigenvalue weighted by atomic mass is 10.2. The van der Waals surface area contributed by atoms with Crippen molar-refractivity contribution in [1.82, 2.24) is 4.90 Å². The van der Waals surface area contributed by atoms with Crippen LogP contribution in [0, 0.1) is 6.92 Å². The number of hydrogen-bond acceptors (Lipinski definition) is 2. The molecule has 2 aromatic rings. The van der Waals surface area contributed by atoms with E-state index in [0.717, 1.165) is 21.3 Å². The van der Waals surface area contributed by atoms with Crippen LogP contribution in [0.5, 0.6) is 5.75 Å². The minimum absolute atomic E-state index is 0.0406. The van der Waals surface area contributed by atoms with E-state index < -0.39 is 0 Å². The molecule has 0 heterocycles. The van der Waals surface area contributed by atoms with Crippen LogP contribution in [0.25, 0.3) is 0 Å². The summed E-state index contributed by atoms with van der Waals surface area (Å²) in [7, 11) is 1.78. The van der Waals surface area contributed by atoms with E-state index in [1.165, 1.54) is 0 Å². The van der Waals surface area contributed by atoms with Crippen LogP contribution in [-0.4, -0.2) is 24.5 Å². The Bertz CT molecular complexity index is 610. The van der Waals surface area contributed by atoms with Crippen LogP contribution in [0.4, 0.5) is 0 Å². The largest absolute Gasteiger partial charge is 0.484 e. The average Bonchev–Trinajstić information content (AvgIpc) is 2.48. The predicted molar refractivity (Wildman–Crippen MR) is 87.3 cm³/mol. The fourth-order valence-electron chi connectivity index (χ4n) is 1.92. The molecule has 0 fully saturated rings. The van der Waals surface area contributed by atoms with E-state index in [4.69, 9.17) is 4.74 Å². The highest BCUT2D eigenvalue weighted by Gasteiger charge is 2.10. The highest BCUT2D eigenvalue weighted by molar-refractivity contribution is 9.10. The number of hydrogen-bond donors (Lipinski definition) is 0. The summed E-state index contributed by atoms with van der Waals surface area (Å²) in [6, 6.07) is 15.6. The Morgan fingerprint density at radius 1 is 1.14 bits per heavy atom. The number of likely N-dealkylation sites (N-methyl/N-ethyl adjacent to an activating group) is 1. The molecule has 0 N–H and O–H groups in total. The molecule has 0 atom stereocenters. The fourth-order valence-corrected chi connectivity index (χ4v) is 2.18. The summed E-state index contributed by atoms with van der Waals surface area (Å²) in [6.45, 7) is 2.59. The number of para-hydroxylation sites is 1. The molecule has 0 bridgehead atoms. The summed E-state index contributed by atoms with van der Waals surface area (Å²) in [5, 5.41) is 0. The van der Waals surface area contributed by atoms with Gasteiger partial charge in [0.1, 0.15) is 5.75 Å². The van der Waals surface area contributed by atoms with Crippen LogP contribution in [0.15, 0.2) is 53.0 Å². The van der Waals surface area contributed by atoms with Gasteiger partial charge in [-0.15, -0.1) is 0 Å².